The van der Waals surface area contributed by atoms with Crippen LogP contribution in [0.2, 0.25) is 0 Å². The Kier molecular flexibility index (Phi) is 7.98. The molecule has 1 saturated heterocycles. The number of rotatable bonds is 9. The van der Waals surface area contributed by atoms with Gasteiger partial charge in [-0.15, -0.1) is 0 Å². The molecule has 0 saturated carbocycles. The number of pyridine rings is 1. The van der Waals surface area contributed by atoms with E-state index in [1.165, 1.54) is 0 Å². The number of ether oxygens (including phenoxy) is 1. The Balaban J connectivity index is 1.81. The van der Waals surface area contributed by atoms with E-state index < -0.39 is 0 Å². The summed E-state index contributed by atoms with van der Waals surface area (Å²) in [6, 6.07) is 3.81. The predicted molar refractivity (Wildman–Crippen MR) is 96.6 cm³/mol. The molecule has 1 aliphatic heterocycles. The van der Waals surface area contributed by atoms with Gasteiger partial charge < -0.3 is 15.0 Å². The minimum Gasteiger partial charge on any atom is -0.379 e. The maximum Gasteiger partial charge on any atom is 0.252 e. The monoisotopic (exact) mass is 334 g/mol. The number of nitrogens with one attached hydrogen (secondary N) is 1. The summed E-state index contributed by atoms with van der Waals surface area (Å²) in [5.74, 6) is 0.892. The fraction of sp³-hybridized carbons (Fsp3) is 0.667. The molecule has 1 aromatic rings. The van der Waals surface area contributed by atoms with Gasteiger partial charge in [-0.05, 0) is 25.0 Å². The molecule has 1 aromatic heterocycles. The molecule has 6 heteroatoms. The Labute approximate surface area is 145 Å². The number of nitrogens with zero attached hydrogens (tertiary/aromatic N) is 3. The third-order valence-corrected chi connectivity index (χ3v) is 4.14. The van der Waals surface area contributed by atoms with Crippen LogP contribution in [-0.2, 0) is 4.74 Å². The zero-order valence-corrected chi connectivity index (χ0v) is 15.0. The van der Waals surface area contributed by atoms with Gasteiger partial charge >= 0.3 is 0 Å². The smallest absolute Gasteiger partial charge is 0.252 e. The van der Waals surface area contributed by atoms with Gasteiger partial charge in [0.15, 0.2) is 0 Å². The van der Waals surface area contributed by atoms with Crippen LogP contribution in [0.3, 0.4) is 0 Å². The van der Waals surface area contributed by atoms with E-state index >= 15 is 0 Å². The summed E-state index contributed by atoms with van der Waals surface area (Å²) in [7, 11) is 0. The second kappa shape index (κ2) is 10.3. The molecule has 1 N–H and O–H groups in total. The van der Waals surface area contributed by atoms with E-state index in [9.17, 15) is 4.79 Å². The lowest BCUT2D eigenvalue weighted by molar-refractivity contribution is 0.0383. The molecule has 0 aliphatic carbocycles. The zero-order valence-electron chi connectivity index (χ0n) is 15.0. The summed E-state index contributed by atoms with van der Waals surface area (Å²) < 4.78 is 5.32. The minimum absolute atomic E-state index is 0.0557. The van der Waals surface area contributed by atoms with Crippen LogP contribution in [0, 0.1) is 0 Å². The second-order valence-corrected chi connectivity index (χ2v) is 6.10. The highest BCUT2D eigenvalue weighted by Gasteiger charge is 2.12. The van der Waals surface area contributed by atoms with Crippen molar-refractivity contribution in [3.05, 3.63) is 23.9 Å². The Morgan fingerprint density at radius 3 is 2.54 bits per heavy atom. The molecule has 1 fully saturated rings. The van der Waals surface area contributed by atoms with E-state index in [1.54, 1.807) is 6.20 Å². The van der Waals surface area contributed by atoms with Crippen LogP contribution in [0.15, 0.2) is 18.3 Å². The third-order valence-electron chi connectivity index (χ3n) is 4.14. The summed E-state index contributed by atoms with van der Waals surface area (Å²) in [4.78, 5) is 21.3. The van der Waals surface area contributed by atoms with Gasteiger partial charge in [0.1, 0.15) is 5.82 Å². The van der Waals surface area contributed by atoms with E-state index in [2.05, 4.69) is 33.9 Å². The van der Waals surface area contributed by atoms with Crippen molar-refractivity contribution in [2.45, 2.75) is 26.7 Å². The number of carbonyl (C=O) groups is 1. The Morgan fingerprint density at radius 2 is 1.96 bits per heavy atom. The van der Waals surface area contributed by atoms with Gasteiger partial charge in [0, 0.05) is 45.5 Å². The molecule has 24 heavy (non-hydrogen) atoms. The van der Waals surface area contributed by atoms with E-state index in [1.807, 2.05) is 12.1 Å². The lowest BCUT2D eigenvalue weighted by Gasteiger charge is -2.26. The van der Waals surface area contributed by atoms with Crippen molar-refractivity contribution in [1.29, 1.82) is 0 Å². The Morgan fingerprint density at radius 1 is 1.25 bits per heavy atom. The van der Waals surface area contributed by atoms with E-state index in [-0.39, 0.29) is 5.91 Å². The highest BCUT2D eigenvalue weighted by Crippen LogP contribution is 2.12. The summed E-state index contributed by atoms with van der Waals surface area (Å²) in [6.45, 7) is 11.3. The largest absolute Gasteiger partial charge is 0.379 e. The number of amides is 1. The van der Waals surface area contributed by atoms with Crippen LogP contribution in [-0.4, -0.2) is 68.3 Å². The quantitative estimate of drug-likeness (QED) is 0.746. The molecule has 1 amide bonds. The molecule has 1 aliphatic rings. The average molecular weight is 334 g/mol. The highest BCUT2D eigenvalue weighted by atomic mass is 16.5. The normalized spacial score (nSPS) is 15.2. The SMILES string of the molecule is CCCN(CCC)c1ccc(C(=O)NCCN2CCOCC2)cn1. The molecule has 2 heterocycles. The fourth-order valence-corrected chi connectivity index (χ4v) is 2.84. The molecular weight excluding hydrogens is 304 g/mol. The number of hydrogen-bond acceptors (Lipinski definition) is 5. The molecule has 0 unspecified atom stereocenters. The van der Waals surface area contributed by atoms with Crippen LogP contribution < -0.4 is 10.2 Å². The van der Waals surface area contributed by atoms with Crippen LogP contribution in [0.5, 0.6) is 0 Å². The lowest BCUT2D eigenvalue weighted by atomic mass is 10.2. The first-order valence-corrected chi connectivity index (χ1v) is 9.04. The number of morpholine rings is 1. The van der Waals surface area contributed by atoms with Gasteiger partial charge in [-0.2, -0.15) is 0 Å². The average Bonchev–Trinajstić information content (AvgIpc) is 2.62. The van der Waals surface area contributed by atoms with Crippen LogP contribution in [0.1, 0.15) is 37.0 Å². The van der Waals surface area contributed by atoms with Crippen LogP contribution >= 0.6 is 0 Å². The molecular formula is C18H30N4O2. The van der Waals surface area contributed by atoms with Crippen LogP contribution in [0.4, 0.5) is 5.82 Å². The molecule has 0 bridgehead atoms. The Bertz CT molecular complexity index is 480. The van der Waals surface area contributed by atoms with Crippen LogP contribution in [0.25, 0.3) is 0 Å². The van der Waals surface area contributed by atoms with Gasteiger partial charge in [0.25, 0.3) is 5.91 Å². The summed E-state index contributed by atoms with van der Waals surface area (Å²) in [5.41, 5.74) is 0.619. The summed E-state index contributed by atoms with van der Waals surface area (Å²) in [5, 5.41) is 2.97. The molecule has 0 aromatic carbocycles. The maximum absolute atomic E-state index is 12.2. The minimum atomic E-state index is -0.0557. The fourth-order valence-electron chi connectivity index (χ4n) is 2.84. The topological polar surface area (TPSA) is 57.7 Å². The molecule has 2 rings (SSSR count). The number of carbonyl (C=O) groups excluding carboxylic acids is 1. The first kappa shape index (κ1) is 18.7. The van der Waals surface area contributed by atoms with Crippen molar-refractivity contribution in [2.75, 3.05) is 57.4 Å². The highest BCUT2D eigenvalue weighted by molar-refractivity contribution is 5.94. The van der Waals surface area contributed by atoms with E-state index in [4.69, 9.17) is 4.74 Å². The van der Waals surface area contributed by atoms with E-state index in [0.29, 0.717) is 12.1 Å². The standard InChI is InChI=1S/C18H30N4O2/c1-3-8-22(9-4-2)17-6-5-16(15-20-17)18(23)19-7-10-21-11-13-24-14-12-21/h5-6,15H,3-4,7-14H2,1-2H3,(H,19,23). The zero-order chi connectivity index (χ0) is 17.2. The molecule has 6 nitrogen and oxygen atoms in total. The lowest BCUT2D eigenvalue weighted by Crippen LogP contribution is -2.41. The van der Waals surface area contributed by atoms with Gasteiger partial charge in [0.05, 0.1) is 18.8 Å². The van der Waals surface area contributed by atoms with Gasteiger partial charge in [-0.1, -0.05) is 13.8 Å². The first-order chi connectivity index (χ1) is 11.7. The molecule has 0 radical (unpaired) electrons. The molecule has 0 atom stereocenters. The van der Waals surface area contributed by atoms with E-state index in [0.717, 1.165) is 64.6 Å². The first-order valence-electron chi connectivity index (χ1n) is 9.04. The maximum atomic E-state index is 12.2. The third kappa shape index (κ3) is 5.76. The predicted octanol–water partition coefficient (Wildman–Crippen LogP) is 1.77. The van der Waals surface area contributed by atoms with Crippen molar-refractivity contribution < 1.29 is 9.53 Å². The van der Waals surface area contributed by atoms with Crippen molar-refractivity contribution >= 4 is 11.7 Å². The summed E-state index contributed by atoms with van der Waals surface area (Å²) in [6.07, 6.45) is 3.86. The number of anilines is 1. The number of aromatic nitrogens is 1. The summed E-state index contributed by atoms with van der Waals surface area (Å²) >= 11 is 0. The van der Waals surface area contributed by atoms with Crippen molar-refractivity contribution in [2.24, 2.45) is 0 Å². The molecule has 0 spiro atoms. The second-order valence-electron chi connectivity index (χ2n) is 6.10. The molecule has 134 valence electrons. The van der Waals surface area contributed by atoms with Gasteiger partial charge in [0.2, 0.25) is 0 Å². The van der Waals surface area contributed by atoms with Crippen molar-refractivity contribution in [3.8, 4) is 0 Å². The van der Waals surface area contributed by atoms with Gasteiger partial charge in [-0.3, -0.25) is 9.69 Å². The van der Waals surface area contributed by atoms with Crippen molar-refractivity contribution in [1.82, 2.24) is 15.2 Å². The number of hydrogen-bond donors (Lipinski definition) is 1. The van der Waals surface area contributed by atoms with Gasteiger partial charge in [-0.25, -0.2) is 4.98 Å². The Hall–Kier alpha value is -1.66. The van der Waals surface area contributed by atoms with Crippen molar-refractivity contribution in [3.63, 3.8) is 0 Å².